The summed E-state index contributed by atoms with van der Waals surface area (Å²) >= 11 is 3.33. The second kappa shape index (κ2) is 4.75. The van der Waals surface area contributed by atoms with E-state index in [1.165, 1.54) is 19.4 Å². The minimum absolute atomic E-state index is 0.608. The van der Waals surface area contributed by atoms with E-state index < -0.39 is 0 Å². The average Bonchev–Trinajstić information content (AvgIpc) is 2.92. The molecule has 4 nitrogen and oxygen atoms in total. The van der Waals surface area contributed by atoms with Crippen LogP contribution in [0, 0.1) is 0 Å². The Hall–Kier alpha value is -0.720. The van der Waals surface area contributed by atoms with Gasteiger partial charge in [-0.3, -0.25) is 0 Å². The summed E-state index contributed by atoms with van der Waals surface area (Å²) in [6.07, 6.45) is 2.44. The van der Waals surface area contributed by atoms with E-state index in [1.54, 1.807) is 22.7 Å². The van der Waals surface area contributed by atoms with Gasteiger partial charge in [-0.15, -0.1) is 11.3 Å². The fraction of sp³-hybridized carbons (Fsp3) is 0.667. The van der Waals surface area contributed by atoms with Crippen molar-refractivity contribution in [1.29, 1.82) is 0 Å². The van der Waals surface area contributed by atoms with Crippen LogP contribution in [0.1, 0.15) is 19.8 Å². The number of nitrogens with zero attached hydrogens (tertiary/aromatic N) is 4. The van der Waals surface area contributed by atoms with E-state index in [0.29, 0.717) is 12.1 Å². The van der Waals surface area contributed by atoms with Crippen LogP contribution in [0.3, 0.4) is 0 Å². The summed E-state index contributed by atoms with van der Waals surface area (Å²) in [5.41, 5.74) is 1.87. The Morgan fingerprint density at radius 3 is 3.00 bits per heavy atom. The van der Waals surface area contributed by atoms with Gasteiger partial charge in [0.2, 0.25) is 0 Å². The van der Waals surface area contributed by atoms with Gasteiger partial charge in [-0.05, 0) is 26.8 Å². The number of hydrogen-bond acceptors (Lipinski definition) is 6. The summed E-state index contributed by atoms with van der Waals surface area (Å²) in [7, 11) is 4.38. The molecule has 3 rings (SSSR count). The number of anilines is 1. The van der Waals surface area contributed by atoms with Crippen LogP contribution in [0.5, 0.6) is 0 Å². The summed E-state index contributed by atoms with van der Waals surface area (Å²) in [6, 6.07) is 1.27. The Kier molecular flexibility index (Phi) is 3.25. The van der Waals surface area contributed by atoms with Crippen molar-refractivity contribution < 1.29 is 0 Å². The molecule has 18 heavy (non-hydrogen) atoms. The number of fused-ring (bicyclic) bond motifs is 1. The molecule has 0 radical (unpaired) electrons. The fourth-order valence-electron chi connectivity index (χ4n) is 2.49. The molecule has 0 aromatic carbocycles. The molecule has 98 valence electrons. The van der Waals surface area contributed by atoms with Crippen molar-refractivity contribution in [2.75, 3.05) is 25.5 Å². The van der Waals surface area contributed by atoms with Crippen LogP contribution in [0.4, 0.5) is 5.13 Å². The van der Waals surface area contributed by atoms with Crippen LogP contribution in [-0.4, -0.2) is 47.6 Å². The zero-order valence-electron chi connectivity index (χ0n) is 11.0. The Labute approximate surface area is 115 Å². The Morgan fingerprint density at radius 2 is 2.28 bits per heavy atom. The first-order valence-corrected chi connectivity index (χ1v) is 7.98. The molecule has 0 bridgehead atoms. The summed E-state index contributed by atoms with van der Waals surface area (Å²) in [4.78, 5) is 15.9. The van der Waals surface area contributed by atoms with Gasteiger partial charge in [0, 0.05) is 25.7 Å². The normalized spacial score (nSPS) is 25.7. The third-order valence-corrected chi connectivity index (χ3v) is 5.83. The van der Waals surface area contributed by atoms with Crippen LogP contribution in [-0.2, 0) is 0 Å². The van der Waals surface area contributed by atoms with E-state index in [2.05, 4.69) is 40.8 Å². The van der Waals surface area contributed by atoms with Gasteiger partial charge in [-0.25, -0.2) is 9.97 Å². The molecule has 6 heteroatoms. The van der Waals surface area contributed by atoms with Crippen LogP contribution in [0.15, 0.2) is 5.51 Å². The SMILES string of the molecule is CC1CC(N(C)c2nc3scnc3s2)CCN1C. The molecule has 2 unspecified atom stereocenters. The van der Waals surface area contributed by atoms with Gasteiger partial charge < -0.3 is 9.80 Å². The summed E-state index contributed by atoms with van der Waals surface area (Å²) in [6.45, 7) is 3.48. The van der Waals surface area contributed by atoms with Gasteiger partial charge in [-0.2, -0.15) is 0 Å². The smallest absolute Gasteiger partial charge is 0.188 e. The molecular weight excluding hydrogens is 264 g/mol. The van der Waals surface area contributed by atoms with Crippen LogP contribution >= 0.6 is 22.7 Å². The lowest BCUT2D eigenvalue weighted by Gasteiger charge is -2.39. The minimum Gasteiger partial charge on any atom is -0.348 e. The van der Waals surface area contributed by atoms with Gasteiger partial charge >= 0.3 is 0 Å². The zero-order chi connectivity index (χ0) is 12.7. The first kappa shape index (κ1) is 12.3. The molecule has 0 spiro atoms. The van der Waals surface area contributed by atoms with Gasteiger partial charge in [-0.1, -0.05) is 11.3 Å². The van der Waals surface area contributed by atoms with E-state index in [-0.39, 0.29) is 0 Å². The second-order valence-corrected chi connectivity index (χ2v) is 6.87. The maximum absolute atomic E-state index is 4.68. The van der Waals surface area contributed by atoms with Gasteiger partial charge in [0.15, 0.2) is 14.8 Å². The average molecular weight is 282 g/mol. The topological polar surface area (TPSA) is 32.3 Å². The Bertz CT molecular complexity index is 506. The molecule has 1 saturated heterocycles. The van der Waals surface area contributed by atoms with Crippen LogP contribution in [0.25, 0.3) is 9.66 Å². The lowest BCUT2D eigenvalue weighted by Crippen LogP contribution is -2.46. The van der Waals surface area contributed by atoms with Gasteiger partial charge in [0.25, 0.3) is 0 Å². The van der Waals surface area contributed by atoms with Gasteiger partial charge in [0.1, 0.15) is 0 Å². The monoisotopic (exact) mass is 282 g/mol. The lowest BCUT2D eigenvalue weighted by molar-refractivity contribution is 0.181. The largest absolute Gasteiger partial charge is 0.348 e. The van der Waals surface area contributed by atoms with E-state index >= 15 is 0 Å². The highest BCUT2D eigenvalue weighted by atomic mass is 32.1. The molecule has 0 N–H and O–H groups in total. The Balaban J connectivity index is 1.78. The lowest BCUT2D eigenvalue weighted by atomic mass is 9.98. The third-order valence-electron chi connectivity index (χ3n) is 3.93. The molecule has 0 saturated carbocycles. The summed E-state index contributed by atoms with van der Waals surface area (Å²) < 4.78 is 0. The maximum Gasteiger partial charge on any atom is 0.188 e. The number of rotatable bonds is 2. The van der Waals surface area contributed by atoms with Crippen molar-refractivity contribution in [3.63, 3.8) is 0 Å². The summed E-state index contributed by atoms with van der Waals surface area (Å²) in [5.74, 6) is 0. The van der Waals surface area contributed by atoms with E-state index in [1.807, 2.05) is 5.51 Å². The highest BCUT2D eigenvalue weighted by molar-refractivity contribution is 7.27. The molecule has 2 aromatic heterocycles. The molecular formula is C12H18N4S2. The van der Waals surface area contributed by atoms with Crippen molar-refractivity contribution in [3.8, 4) is 0 Å². The quantitative estimate of drug-likeness (QED) is 0.847. The van der Waals surface area contributed by atoms with Crippen molar-refractivity contribution in [1.82, 2.24) is 14.9 Å². The van der Waals surface area contributed by atoms with Crippen molar-refractivity contribution >= 4 is 37.5 Å². The molecule has 1 aliphatic heterocycles. The molecule has 3 heterocycles. The number of aromatic nitrogens is 2. The predicted molar refractivity (Wildman–Crippen MR) is 78.8 cm³/mol. The highest BCUT2D eigenvalue weighted by Crippen LogP contribution is 2.32. The molecule has 2 atom stereocenters. The number of thiazole rings is 2. The molecule has 2 aromatic rings. The van der Waals surface area contributed by atoms with Crippen LogP contribution < -0.4 is 4.90 Å². The first-order chi connectivity index (χ1) is 8.65. The Morgan fingerprint density at radius 1 is 1.44 bits per heavy atom. The van der Waals surface area contributed by atoms with E-state index in [4.69, 9.17) is 0 Å². The molecule has 1 fully saturated rings. The maximum atomic E-state index is 4.68. The predicted octanol–water partition coefficient (Wildman–Crippen LogP) is 2.67. The van der Waals surface area contributed by atoms with Crippen LogP contribution in [0.2, 0.25) is 0 Å². The van der Waals surface area contributed by atoms with E-state index in [0.717, 1.165) is 14.8 Å². The van der Waals surface area contributed by atoms with Gasteiger partial charge in [0.05, 0.1) is 5.51 Å². The minimum atomic E-state index is 0.608. The standard InChI is InChI=1S/C12H18N4S2/c1-8-6-9(4-5-15(8)2)16(3)12-14-11-10(18-12)13-7-17-11/h7-9H,4-6H2,1-3H3. The number of likely N-dealkylation sites (tertiary alicyclic amines) is 1. The summed E-state index contributed by atoms with van der Waals surface area (Å²) in [5, 5.41) is 1.12. The highest BCUT2D eigenvalue weighted by Gasteiger charge is 2.27. The van der Waals surface area contributed by atoms with Crippen molar-refractivity contribution in [2.24, 2.45) is 0 Å². The third kappa shape index (κ3) is 2.13. The van der Waals surface area contributed by atoms with Crippen molar-refractivity contribution in [2.45, 2.75) is 31.8 Å². The van der Waals surface area contributed by atoms with Crippen molar-refractivity contribution in [3.05, 3.63) is 5.51 Å². The fourth-order valence-corrected chi connectivity index (χ4v) is 4.28. The molecule has 0 aliphatic carbocycles. The number of hydrogen-bond donors (Lipinski definition) is 0. The second-order valence-electron chi connectivity index (χ2n) is 5.08. The number of piperidine rings is 1. The molecule has 1 aliphatic rings. The zero-order valence-corrected chi connectivity index (χ0v) is 12.6. The molecule has 0 amide bonds. The van der Waals surface area contributed by atoms with E-state index in [9.17, 15) is 0 Å². The first-order valence-electron chi connectivity index (χ1n) is 6.28.